The second-order valence-electron chi connectivity index (χ2n) is 6.93. The Morgan fingerprint density at radius 1 is 1.00 bits per heavy atom. The van der Waals surface area contributed by atoms with Gasteiger partial charge in [0.05, 0.1) is 12.3 Å². The Kier molecular flexibility index (Phi) is 4.26. The van der Waals surface area contributed by atoms with Crippen LogP contribution in [0.2, 0.25) is 0 Å². The third kappa shape index (κ3) is 3.16. The van der Waals surface area contributed by atoms with E-state index < -0.39 is 0 Å². The second kappa shape index (κ2) is 6.71. The number of hydrogen-bond acceptors (Lipinski definition) is 2. The molecule has 0 radical (unpaired) electrons. The van der Waals surface area contributed by atoms with E-state index in [4.69, 9.17) is 0 Å². The van der Waals surface area contributed by atoms with Crippen molar-refractivity contribution in [1.29, 1.82) is 0 Å². The van der Waals surface area contributed by atoms with Crippen molar-refractivity contribution >= 4 is 17.5 Å². The van der Waals surface area contributed by atoms with Crippen LogP contribution >= 0.6 is 0 Å². The number of carbonyl (C=O) groups excluding carboxylic acids is 2. The molecule has 0 saturated carbocycles. The molecular weight excluding hydrogens is 312 g/mol. The fraction of sp³-hybridized carbons (Fsp3) is 0.333. The van der Waals surface area contributed by atoms with Gasteiger partial charge in [-0.3, -0.25) is 9.59 Å². The lowest BCUT2D eigenvalue weighted by atomic mass is 9.80. The molecule has 1 N–H and O–H groups in total. The number of hydrogen-bond donors (Lipinski definition) is 1. The van der Waals surface area contributed by atoms with E-state index in [9.17, 15) is 9.59 Å². The molecule has 25 heavy (non-hydrogen) atoms. The highest BCUT2D eigenvalue weighted by Gasteiger charge is 2.38. The van der Waals surface area contributed by atoms with Crippen molar-refractivity contribution in [1.82, 2.24) is 4.90 Å². The molecule has 4 heteroatoms. The number of benzene rings is 2. The monoisotopic (exact) mass is 334 g/mol. The summed E-state index contributed by atoms with van der Waals surface area (Å²) in [5, 5.41) is 2.99. The highest BCUT2D eigenvalue weighted by atomic mass is 16.2. The summed E-state index contributed by atoms with van der Waals surface area (Å²) >= 11 is 0. The lowest BCUT2D eigenvalue weighted by Crippen LogP contribution is -2.41. The Morgan fingerprint density at radius 3 is 2.44 bits per heavy atom. The minimum absolute atomic E-state index is 0.0671. The number of fused-ring (bicyclic) bond motifs is 1. The largest absolute Gasteiger partial charge is 0.342 e. The average molecular weight is 334 g/mol. The zero-order valence-corrected chi connectivity index (χ0v) is 14.2. The quantitative estimate of drug-likeness (QED) is 0.937. The second-order valence-corrected chi connectivity index (χ2v) is 6.93. The van der Waals surface area contributed by atoms with E-state index in [1.54, 1.807) is 0 Å². The van der Waals surface area contributed by atoms with Crippen LogP contribution < -0.4 is 5.32 Å². The van der Waals surface area contributed by atoms with Gasteiger partial charge in [0.2, 0.25) is 11.8 Å². The van der Waals surface area contributed by atoms with Crippen molar-refractivity contribution in [2.24, 2.45) is 5.92 Å². The Balaban J connectivity index is 1.39. The van der Waals surface area contributed by atoms with Crippen molar-refractivity contribution < 1.29 is 9.59 Å². The Bertz CT molecular complexity index is 779. The summed E-state index contributed by atoms with van der Waals surface area (Å²) < 4.78 is 0. The summed E-state index contributed by atoms with van der Waals surface area (Å²) in [6, 6.07) is 17.8. The predicted molar refractivity (Wildman–Crippen MR) is 97.3 cm³/mol. The predicted octanol–water partition coefficient (Wildman–Crippen LogP) is 3.20. The number of rotatable bonds is 3. The molecule has 2 amide bonds. The summed E-state index contributed by atoms with van der Waals surface area (Å²) in [6.07, 6.45) is 2.22. The number of carbonyl (C=O) groups is 2. The molecule has 0 aliphatic carbocycles. The van der Waals surface area contributed by atoms with Crippen LogP contribution in [0.3, 0.4) is 0 Å². The number of likely N-dealkylation sites (tertiary alicyclic amines) is 1. The van der Waals surface area contributed by atoms with Gasteiger partial charge in [0.1, 0.15) is 0 Å². The van der Waals surface area contributed by atoms with Gasteiger partial charge < -0.3 is 10.2 Å². The van der Waals surface area contributed by atoms with Gasteiger partial charge in [-0.15, -0.1) is 0 Å². The number of nitrogens with one attached hydrogen (secondary N) is 1. The molecule has 4 nitrogen and oxygen atoms in total. The lowest BCUT2D eigenvalue weighted by molar-refractivity contribution is -0.132. The molecular formula is C21H22N2O2. The Morgan fingerprint density at radius 2 is 1.68 bits per heavy atom. The molecule has 2 aliphatic rings. The van der Waals surface area contributed by atoms with Crippen molar-refractivity contribution in [2.45, 2.75) is 25.2 Å². The van der Waals surface area contributed by atoms with E-state index in [1.165, 1.54) is 0 Å². The van der Waals surface area contributed by atoms with Gasteiger partial charge in [-0.05, 0) is 36.0 Å². The topological polar surface area (TPSA) is 49.4 Å². The molecule has 0 spiro atoms. The molecule has 2 heterocycles. The molecule has 1 fully saturated rings. The average Bonchev–Trinajstić information content (AvgIpc) is 2.98. The maximum Gasteiger partial charge on any atom is 0.232 e. The minimum Gasteiger partial charge on any atom is -0.342 e. The molecule has 0 bridgehead atoms. The number of anilines is 1. The van der Waals surface area contributed by atoms with Crippen LogP contribution in [0.5, 0.6) is 0 Å². The van der Waals surface area contributed by atoms with Crippen LogP contribution in [-0.2, 0) is 16.0 Å². The first-order valence-corrected chi connectivity index (χ1v) is 8.94. The number of piperidine rings is 1. The van der Waals surface area contributed by atoms with Crippen molar-refractivity contribution in [2.75, 3.05) is 18.4 Å². The first-order chi connectivity index (χ1) is 12.2. The molecule has 2 aliphatic heterocycles. The van der Waals surface area contributed by atoms with Crippen LogP contribution in [0.1, 0.15) is 29.9 Å². The minimum atomic E-state index is -0.0671. The summed E-state index contributed by atoms with van der Waals surface area (Å²) in [7, 11) is 0. The molecule has 1 atom stereocenters. The first kappa shape index (κ1) is 15.9. The molecule has 1 saturated heterocycles. The van der Waals surface area contributed by atoms with Crippen molar-refractivity contribution in [3.8, 4) is 0 Å². The van der Waals surface area contributed by atoms with E-state index in [0.29, 0.717) is 12.3 Å². The van der Waals surface area contributed by atoms with Gasteiger partial charge >= 0.3 is 0 Å². The van der Waals surface area contributed by atoms with Gasteiger partial charge in [0, 0.05) is 18.8 Å². The molecule has 2 aromatic carbocycles. The van der Waals surface area contributed by atoms with Crippen LogP contribution in [0.25, 0.3) is 0 Å². The number of para-hydroxylation sites is 1. The van der Waals surface area contributed by atoms with Gasteiger partial charge in [-0.1, -0.05) is 48.5 Å². The lowest BCUT2D eigenvalue weighted by Gasteiger charge is -2.34. The fourth-order valence-electron chi connectivity index (χ4n) is 4.07. The maximum absolute atomic E-state index is 12.5. The highest BCUT2D eigenvalue weighted by Crippen LogP contribution is 2.41. The fourth-order valence-corrected chi connectivity index (χ4v) is 4.07. The Hall–Kier alpha value is -2.62. The highest BCUT2D eigenvalue weighted by molar-refractivity contribution is 6.03. The zero-order valence-electron chi connectivity index (χ0n) is 14.2. The third-order valence-electron chi connectivity index (χ3n) is 5.40. The number of amides is 2. The van der Waals surface area contributed by atoms with Gasteiger partial charge in [0.25, 0.3) is 0 Å². The van der Waals surface area contributed by atoms with E-state index in [0.717, 1.165) is 42.7 Å². The summed E-state index contributed by atoms with van der Waals surface area (Å²) in [5.41, 5.74) is 3.11. The van der Waals surface area contributed by atoms with Crippen LogP contribution in [0.4, 0.5) is 5.69 Å². The van der Waals surface area contributed by atoms with E-state index in [-0.39, 0.29) is 17.7 Å². The molecule has 4 rings (SSSR count). The summed E-state index contributed by atoms with van der Waals surface area (Å²) in [5.74, 6) is 0.531. The zero-order chi connectivity index (χ0) is 17.2. The van der Waals surface area contributed by atoms with Gasteiger partial charge in [-0.2, -0.15) is 0 Å². The first-order valence-electron chi connectivity index (χ1n) is 8.94. The maximum atomic E-state index is 12.5. The van der Waals surface area contributed by atoms with Crippen LogP contribution in [0.15, 0.2) is 54.6 Å². The van der Waals surface area contributed by atoms with Crippen molar-refractivity contribution in [3.05, 3.63) is 65.7 Å². The molecule has 2 aromatic rings. The van der Waals surface area contributed by atoms with Gasteiger partial charge in [0.15, 0.2) is 0 Å². The van der Waals surface area contributed by atoms with E-state index in [1.807, 2.05) is 59.5 Å². The molecule has 0 aromatic heterocycles. The van der Waals surface area contributed by atoms with Crippen LogP contribution in [-0.4, -0.2) is 29.8 Å². The third-order valence-corrected chi connectivity index (χ3v) is 5.40. The van der Waals surface area contributed by atoms with E-state index in [2.05, 4.69) is 5.32 Å². The summed E-state index contributed by atoms with van der Waals surface area (Å²) in [4.78, 5) is 26.8. The normalized spacial score (nSPS) is 20.2. The molecule has 128 valence electrons. The summed E-state index contributed by atoms with van der Waals surface area (Å²) in [6.45, 7) is 1.48. The number of nitrogens with zero attached hydrogens (tertiary/aromatic N) is 1. The van der Waals surface area contributed by atoms with Crippen molar-refractivity contribution in [3.63, 3.8) is 0 Å². The SMILES string of the molecule is O=C1Nc2ccccc2C1C1CCN(C(=O)Cc2ccccc2)CC1. The van der Waals surface area contributed by atoms with Gasteiger partial charge in [-0.25, -0.2) is 0 Å². The van der Waals surface area contributed by atoms with E-state index >= 15 is 0 Å². The molecule has 1 unspecified atom stereocenters. The standard InChI is InChI=1S/C21H22N2O2/c24-19(14-15-6-2-1-3-7-15)23-12-10-16(11-13-23)20-17-8-4-5-9-18(17)22-21(20)25/h1-9,16,20H,10-14H2,(H,22,25). The Labute approximate surface area is 147 Å². The smallest absolute Gasteiger partial charge is 0.232 e. The van der Waals surface area contributed by atoms with Crippen LogP contribution in [0, 0.1) is 5.92 Å².